The van der Waals surface area contributed by atoms with Crippen LogP contribution in [0.1, 0.15) is 34.9 Å². The molecule has 0 spiro atoms. The number of aryl methyl sites for hydroxylation is 2. The minimum atomic E-state index is -0.799. The van der Waals surface area contributed by atoms with Crippen molar-refractivity contribution in [2.75, 3.05) is 21.0 Å². The molecule has 1 aliphatic heterocycles. The predicted octanol–water partition coefficient (Wildman–Crippen LogP) is 2.26. The lowest BCUT2D eigenvalue weighted by molar-refractivity contribution is -0.140. The Labute approximate surface area is 189 Å². The largest absolute Gasteiger partial charge is 0.507 e. The summed E-state index contributed by atoms with van der Waals surface area (Å²) in [6.07, 6.45) is 3.66. The van der Waals surface area contributed by atoms with Crippen LogP contribution in [0.3, 0.4) is 0 Å². The number of benzene rings is 1. The highest BCUT2D eigenvalue weighted by Gasteiger charge is 2.30. The lowest BCUT2D eigenvalue weighted by atomic mass is 9.87. The third-order valence-corrected chi connectivity index (χ3v) is 5.71. The second-order valence-electron chi connectivity index (χ2n) is 7.66. The van der Waals surface area contributed by atoms with Gasteiger partial charge in [0.1, 0.15) is 5.75 Å². The van der Waals surface area contributed by atoms with Gasteiger partial charge in [-0.25, -0.2) is 4.98 Å². The molecular weight excluding hydrogens is 430 g/mol. The van der Waals surface area contributed by atoms with Crippen LogP contribution in [0.2, 0.25) is 0 Å². The maximum atomic E-state index is 13.6. The smallest absolute Gasteiger partial charge is 0.306 e. The number of aromatic nitrogens is 3. The Balaban J connectivity index is 1.82. The fourth-order valence-corrected chi connectivity index (χ4v) is 4.02. The number of carbonyl (C=O) groups excluding carboxylic acids is 1. The molecule has 3 aromatic rings. The number of esters is 1. The highest BCUT2D eigenvalue weighted by molar-refractivity contribution is 5.72. The van der Waals surface area contributed by atoms with E-state index < -0.39 is 17.4 Å². The van der Waals surface area contributed by atoms with Gasteiger partial charge in [-0.3, -0.25) is 9.59 Å². The summed E-state index contributed by atoms with van der Waals surface area (Å²) >= 11 is 0. The van der Waals surface area contributed by atoms with Crippen molar-refractivity contribution in [1.29, 1.82) is 0 Å². The number of aromatic hydroxyl groups is 1. The van der Waals surface area contributed by atoms with Crippen molar-refractivity contribution >= 4 is 5.97 Å². The molecule has 0 amide bonds. The number of methoxy groups -OCH3 is 2. The molecule has 0 fully saturated rings. The molecule has 0 saturated heterocycles. The van der Waals surface area contributed by atoms with Gasteiger partial charge in [-0.05, 0) is 30.7 Å². The van der Waals surface area contributed by atoms with Gasteiger partial charge in [0.15, 0.2) is 11.5 Å². The van der Waals surface area contributed by atoms with Crippen LogP contribution in [0.25, 0.3) is 0 Å². The summed E-state index contributed by atoms with van der Waals surface area (Å²) < 4.78 is 22.8. The molecule has 174 valence electrons. The summed E-state index contributed by atoms with van der Waals surface area (Å²) in [5.41, 5.74) is 1.73. The van der Waals surface area contributed by atoms with Gasteiger partial charge in [-0.15, -0.1) is 0 Å². The van der Waals surface area contributed by atoms with E-state index >= 15 is 0 Å². The molecule has 1 aliphatic rings. The molecule has 33 heavy (non-hydrogen) atoms. The summed E-state index contributed by atoms with van der Waals surface area (Å²) in [5, 5.41) is 10.8. The van der Waals surface area contributed by atoms with Crippen LogP contribution in [0.5, 0.6) is 23.0 Å². The zero-order chi connectivity index (χ0) is 23.5. The SMILES string of the molecule is COC(=O)CC(c1cc(OC)c2c(c1)OCO2)c1c(O)cc(C)n(CCc2cnc[nH]2)c1=O. The fourth-order valence-electron chi connectivity index (χ4n) is 4.02. The summed E-state index contributed by atoms with van der Waals surface area (Å²) in [6.45, 7) is 2.15. The Morgan fingerprint density at radius 1 is 1.30 bits per heavy atom. The highest BCUT2D eigenvalue weighted by atomic mass is 16.7. The van der Waals surface area contributed by atoms with Gasteiger partial charge in [0, 0.05) is 36.5 Å². The molecule has 10 nitrogen and oxygen atoms in total. The van der Waals surface area contributed by atoms with E-state index in [1.54, 1.807) is 36.1 Å². The molecule has 1 atom stereocenters. The first-order valence-corrected chi connectivity index (χ1v) is 10.4. The van der Waals surface area contributed by atoms with Crippen LogP contribution in [0.4, 0.5) is 0 Å². The fraction of sp³-hybridized carbons (Fsp3) is 0.348. The third-order valence-electron chi connectivity index (χ3n) is 5.71. The van der Waals surface area contributed by atoms with E-state index in [0.717, 1.165) is 5.69 Å². The van der Waals surface area contributed by atoms with E-state index in [4.69, 9.17) is 18.9 Å². The molecule has 0 radical (unpaired) electrons. The van der Waals surface area contributed by atoms with Crippen molar-refractivity contribution in [2.24, 2.45) is 0 Å². The van der Waals surface area contributed by atoms with E-state index in [1.165, 1.54) is 20.3 Å². The zero-order valence-corrected chi connectivity index (χ0v) is 18.6. The van der Waals surface area contributed by atoms with Gasteiger partial charge in [0.05, 0.1) is 32.5 Å². The number of aromatic amines is 1. The molecule has 2 N–H and O–H groups in total. The zero-order valence-electron chi connectivity index (χ0n) is 18.6. The monoisotopic (exact) mass is 455 g/mol. The number of hydrogen-bond donors (Lipinski definition) is 2. The second kappa shape index (κ2) is 9.27. The van der Waals surface area contributed by atoms with Gasteiger partial charge in [-0.2, -0.15) is 0 Å². The van der Waals surface area contributed by atoms with Crippen molar-refractivity contribution < 1.29 is 28.8 Å². The quantitative estimate of drug-likeness (QED) is 0.496. The summed E-state index contributed by atoms with van der Waals surface area (Å²) in [6, 6.07) is 4.89. The number of hydrogen-bond acceptors (Lipinski definition) is 8. The molecule has 0 saturated carbocycles. The van der Waals surface area contributed by atoms with Gasteiger partial charge >= 0.3 is 5.97 Å². The molecule has 1 aromatic carbocycles. The van der Waals surface area contributed by atoms with Crippen molar-refractivity contribution in [1.82, 2.24) is 14.5 Å². The van der Waals surface area contributed by atoms with E-state index in [9.17, 15) is 14.7 Å². The topological polar surface area (TPSA) is 125 Å². The molecule has 4 rings (SSSR count). The average molecular weight is 455 g/mol. The number of nitrogens with one attached hydrogen (secondary N) is 1. The Morgan fingerprint density at radius 2 is 2.12 bits per heavy atom. The van der Waals surface area contributed by atoms with Crippen molar-refractivity contribution in [3.05, 3.63) is 63.6 Å². The maximum Gasteiger partial charge on any atom is 0.306 e. The molecule has 0 aliphatic carbocycles. The Kier molecular flexibility index (Phi) is 6.25. The lowest BCUT2D eigenvalue weighted by Gasteiger charge is -2.21. The van der Waals surface area contributed by atoms with E-state index in [2.05, 4.69) is 9.97 Å². The van der Waals surface area contributed by atoms with Crippen LogP contribution in [-0.4, -0.2) is 46.6 Å². The summed E-state index contributed by atoms with van der Waals surface area (Å²) in [4.78, 5) is 32.9. The van der Waals surface area contributed by atoms with Gasteiger partial charge in [-0.1, -0.05) is 0 Å². The molecule has 3 heterocycles. The molecule has 0 bridgehead atoms. The number of H-pyrrole nitrogens is 1. The first-order chi connectivity index (χ1) is 15.9. The van der Waals surface area contributed by atoms with Crippen LogP contribution in [0, 0.1) is 6.92 Å². The minimum Gasteiger partial charge on any atom is -0.507 e. The van der Waals surface area contributed by atoms with Gasteiger partial charge < -0.3 is 33.6 Å². The highest BCUT2D eigenvalue weighted by Crippen LogP contribution is 2.45. The molecule has 1 unspecified atom stereocenters. The van der Waals surface area contributed by atoms with E-state index in [-0.39, 0.29) is 24.5 Å². The van der Waals surface area contributed by atoms with Crippen LogP contribution in [0.15, 0.2) is 35.5 Å². The van der Waals surface area contributed by atoms with Crippen molar-refractivity contribution in [3.63, 3.8) is 0 Å². The first-order valence-electron chi connectivity index (χ1n) is 10.4. The number of nitrogens with zero attached hydrogens (tertiary/aromatic N) is 2. The van der Waals surface area contributed by atoms with E-state index in [1.807, 2.05) is 0 Å². The van der Waals surface area contributed by atoms with Crippen molar-refractivity contribution in [3.8, 4) is 23.0 Å². The van der Waals surface area contributed by atoms with Gasteiger partial charge in [0.2, 0.25) is 12.5 Å². The average Bonchev–Trinajstić information content (AvgIpc) is 3.49. The predicted molar refractivity (Wildman–Crippen MR) is 117 cm³/mol. The van der Waals surface area contributed by atoms with Crippen molar-refractivity contribution in [2.45, 2.75) is 32.2 Å². The second-order valence-corrected chi connectivity index (χ2v) is 7.66. The first kappa shape index (κ1) is 22.3. The number of fused-ring (bicyclic) bond motifs is 1. The Morgan fingerprint density at radius 3 is 2.82 bits per heavy atom. The normalized spacial score (nSPS) is 13.1. The number of carbonyl (C=O) groups is 1. The van der Waals surface area contributed by atoms with Crippen LogP contribution < -0.4 is 19.8 Å². The van der Waals surface area contributed by atoms with Crippen LogP contribution in [-0.2, 0) is 22.5 Å². The van der Waals surface area contributed by atoms with Gasteiger partial charge in [0.25, 0.3) is 5.56 Å². The number of pyridine rings is 1. The van der Waals surface area contributed by atoms with E-state index in [0.29, 0.717) is 41.5 Å². The third kappa shape index (κ3) is 4.36. The Hall–Kier alpha value is -3.95. The lowest BCUT2D eigenvalue weighted by Crippen LogP contribution is -2.29. The standard InChI is InChI=1S/C23H25N3O7/c1-13-6-17(27)21(23(29)26(13)5-4-15-10-24-11-25-15)16(9-20(28)31-3)14-7-18(30-2)22-19(8-14)32-12-33-22/h6-8,10-11,16,27H,4-5,9,12H2,1-3H3,(H,24,25). The summed E-state index contributed by atoms with van der Waals surface area (Å²) in [7, 11) is 2.76. The minimum absolute atomic E-state index is 0.0347. The Bertz CT molecular complexity index is 1220. The number of imidazole rings is 1. The molecule has 10 heteroatoms. The maximum absolute atomic E-state index is 13.6. The number of rotatable bonds is 8. The summed E-state index contributed by atoms with van der Waals surface area (Å²) in [5.74, 6) is -0.234. The molecule has 2 aromatic heterocycles. The molecular formula is C23H25N3O7. The van der Waals surface area contributed by atoms with Crippen LogP contribution >= 0.6 is 0 Å². The number of ether oxygens (including phenoxy) is 4.